The van der Waals surface area contributed by atoms with E-state index in [9.17, 15) is 9.59 Å². The van der Waals surface area contributed by atoms with Crippen molar-refractivity contribution in [2.45, 2.75) is 0 Å². The minimum absolute atomic E-state index is 0.519. The van der Waals surface area contributed by atoms with Crippen LogP contribution in [0.5, 0.6) is 0 Å². The summed E-state index contributed by atoms with van der Waals surface area (Å²) in [5.74, 6) is 0. The fraction of sp³-hybridized carbons (Fsp3) is 0.0909. The maximum absolute atomic E-state index is 11.7. The Kier molecular flexibility index (Phi) is 2.66. The summed E-state index contributed by atoms with van der Waals surface area (Å²) in [7, 11) is 1.53. The van der Waals surface area contributed by atoms with Crippen molar-refractivity contribution < 1.29 is 0 Å². The second-order valence-corrected chi connectivity index (χ2v) is 3.81. The van der Waals surface area contributed by atoms with Crippen LogP contribution >= 0.6 is 11.6 Å². The van der Waals surface area contributed by atoms with Crippen molar-refractivity contribution in [3.8, 4) is 5.69 Å². The first-order valence-corrected chi connectivity index (χ1v) is 5.01. The van der Waals surface area contributed by atoms with Gasteiger partial charge < -0.3 is 4.57 Å². The van der Waals surface area contributed by atoms with Gasteiger partial charge >= 0.3 is 11.1 Å². The third-order valence-corrected chi connectivity index (χ3v) is 2.48. The van der Waals surface area contributed by atoms with E-state index in [-0.39, 0.29) is 0 Å². The standard InChI is InChI=1S/C11H9ClN2O2/c1-13-5-6-14(11(16)10(13)15)9-4-2-3-8(12)7-9/h2-7H,1H3. The zero-order chi connectivity index (χ0) is 11.7. The number of aryl methyl sites for hydroxylation is 1. The molecule has 5 heteroatoms. The van der Waals surface area contributed by atoms with Crippen molar-refractivity contribution in [2.75, 3.05) is 0 Å². The fourth-order valence-corrected chi connectivity index (χ4v) is 1.57. The quantitative estimate of drug-likeness (QED) is 0.698. The van der Waals surface area contributed by atoms with Crippen molar-refractivity contribution in [3.63, 3.8) is 0 Å². The Morgan fingerprint density at radius 3 is 2.56 bits per heavy atom. The van der Waals surface area contributed by atoms with E-state index in [4.69, 9.17) is 11.6 Å². The molecule has 1 heterocycles. The summed E-state index contributed by atoms with van der Waals surface area (Å²) in [5, 5.41) is 0.519. The molecule has 1 aromatic carbocycles. The monoisotopic (exact) mass is 236 g/mol. The molecule has 0 amide bonds. The first-order valence-electron chi connectivity index (χ1n) is 4.64. The largest absolute Gasteiger partial charge is 0.320 e. The lowest BCUT2D eigenvalue weighted by Gasteiger charge is -2.05. The Hall–Kier alpha value is -1.81. The highest BCUT2D eigenvalue weighted by atomic mass is 35.5. The van der Waals surface area contributed by atoms with Gasteiger partial charge in [0.2, 0.25) is 0 Å². The zero-order valence-electron chi connectivity index (χ0n) is 8.55. The smallest absolute Gasteiger partial charge is 0.312 e. The molecule has 0 fully saturated rings. The molecule has 0 bridgehead atoms. The van der Waals surface area contributed by atoms with Crippen LogP contribution in [0.25, 0.3) is 5.69 Å². The molecule has 1 aromatic heterocycles. The van der Waals surface area contributed by atoms with Crippen LogP contribution in [0.3, 0.4) is 0 Å². The Balaban J connectivity index is 2.71. The van der Waals surface area contributed by atoms with Gasteiger partial charge in [-0.3, -0.25) is 14.2 Å². The van der Waals surface area contributed by atoms with Gasteiger partial charge in [-0.2, -0.15) is 0 Å². The van der Waals surface area contributed by atoms with Gasteiger partial charge in [0, 0.05) is 24.5 Å². The highest BCUT2D eigenvalue weighted by molar-refractivity contribution is 6.30. The second kappa shape index (κ2) is 3.98. The van der Waals surface area contributed by atoms with E-state index < -0.39 is 11.1 Å². The fourth-order valence-electron chi connectivity index (χ4n) is 1.39. The molecule has 0 aliphatic heterocycles. The summed E-state index contributed by atoms with van der Waals surface area (Å²) < 4.78 is 2.51. The first kappa shape index (κ1) is 10.7. The number of aromatic nitrogens is 2. The number of hydrogen-bond donors (Lipinski definition) is 0. The second-order valence-electron chi connectivity index (χ2n) is 3.37. The van der Waals surface area contributed by atoms with E-state index in [1.807, 2.05) is 0 Å². The highest BCUT2D eigenvalue weighted by Gasteiger charge is 2.04. The van der Waals surface area contributed by atoms with Crippen molar-refractivity contribution >= 4 is 11.6 Å². The highest BCUT2D eigenvalue weighted by Crippen LogP contribution is 2.12. The van der Waals surface area contributed by atoms with Crippen LogP contribution in [-0.4, -0.2) is 9.13 Å². The Morgan fingerprint density at radius 2 is 1.88 bits per heavy atom. The van der Waals surface area contributed by atoms with E-state index in [0.29, 0.717) is 10.7 Å². The summed E-state index contributed by atoms with van der Waals surface area (Å²) in [4.78, 5) is 23.1. The molecule has 0 saturated carbocycles. The molecule has 4 nitrogen and oxygen atoms in total. The molecule has 2 rings (SSSR count). The number of nitrogens with zero attached hydrogens (tertiary/aromatic N) is 2. The topological polar surface area (TPSA) is 44.0 Å². The summed E-state index contributed by atoms with van der Waals surface area (Å²) in [6.45, 7) is 0. The van der Waals surface area contributed by atoms with Crippen molar-refractivity contribution in [3.05, 3.63) is 62.4 Å². The lowest BCUT2D eigenvalue weighted by Crippen LogP contribution is -2.38. The molecule has 16 heavy (non-hydrogen) atoms. The van der Waals surface area contributed by atoms with Gasteiger partial charge in [0.25, 0.3) is 0 Å². The van der Waals surface area contributed by atoms with E-state index >= 15 is 0 Å². The van der Waals surface area contributed by atoms with Crippen LogP contribution in [0, 0.1) is 0 Å². The van der Waals surface area contributed by atoms with Crippen molar-refractivity contribution in [1.82, 2.24) is 9.13 Å². The minimum atomic E-state index is -0.590. The van der Waals surface area contributed by atoms with Crippen LogP contribution in [0.1, 0.15) is 0 Å². The van der Waals surface area contributed by atoms with Crippen molar-refractivity contribution in [1.29, 1.82) is 0 Å². The molecule has 0 saturated heterocycles. The SMILES string of the molecule is Cn1ccn(-c2cccc(Cl)c2)c(=O)c1=O. The predicted octanol–water partition coefficient (Wildman–Crippen LogP) is 1.19. The molecular weight excluding hydrogens is 228 g/mol. The summed E-state index contributed by atoms with van der Waals surface area (Å²) in [6.07, 6.45) is 3.07. The number of halogens is 1. The number of rotatable bonds is 1. The Bertz CT molecular complexity index is 643. The van der Waals surface area contributed by atoms with E-state index in [1.165, 1.54) is 28.6 Å². The normalized spacial score (nSPS) is 10.4. The molecular formula is C11H9ClN2O2. The molecule has 0 radical (unpaired) electrons. The van der Waals surface area contributed by atoms with Gasteiger partial charge in [-0.25, -0.2) is 0 Å². The zero-order valence-corrected chi connectivity index (χ0v) is 9.31. The third-order valence-electron chi connectivity index (χ3n) is 2.25. The van der Waals surface area contributed by atoms with E-state index in [2.05, 4.69) is 0 Å². The summed E-state index contributed by atoms with van der Waals surface area (Å²) in [6, 6.07) is 6.77. The first-order chi connectivity index (χ1) is 7.59. The van der Waals surface area contributed by atoms with Gasteiger partial charge in [0.05, 0.1) is 5.69 Å². The molecule has 0 aliphatic carbocycles. The summed E-state index contributed by atoms with van der Waals surface area (Å²) >= 11 is 5.82. The van der Waals surface area contributed by atoms with Gasteiger partial charge in [0.1, 0.15) is 0 Å². The van der Waals surface area contributed by atoms with Crippen LogP contribution < -0.4 is 11.1 Å². The van der Waals surface area contributed by atoms with Crippen LogP contribution in [0.4, 0.5) is 0 Å². The molecule has 82 valence electrons. The maximum atomic E-state index is 11.7. The Morgan fingerprint density at radius 1 is 1.12 bits per heavy atom. The minimum Gasteiger partial charge on any atom is -0.312 e. The number of hydrogen-bond acceptors (Lipinski definition) is 2. The maximum Gasteiger partial charge on any atom is 0.320 e. The van der Waals surface area contributed by atoms with Gasteiger partial charge in [-0.05, 0) is 18.2 Å². The van der Waals surface area contributed by atoms with Crippen LogP contribution in [-0.2, 0) is 7.05 Å². The van der Waals surface area contributed by atoms with Gasteiger partial charge in [0.15, 0.2) is 0 Å². The number of benzene rings is 1. The Labute approximate surface area is 96.3 Å². The van der Waals surface area contributed by atoms with Crippen molar-refractivity contribution in [2.24, 2.45) is 7.05 Å². The molecule has 0 aliphatic rings. The molecule has 0 atom stereocenters. The third kappa shape index (κ3) is 1.79. The van der Waals surface area contributed by atoms with Crippen LogP contribution in [0.2, 0.25) is 5.02 Å². The van der Waals surface area contributed by atoms with Gasteiger partial charge in [-0.15, -0.1) is 0 Å². The van der Waals surface area contributed by atoms with E-state index in [0.717, 1.165) is 0 Å². The molecule has 0 spiro atoms. The van der Waals surface area contributed by atoms with E-state index in [1.54, 1.807) is 24.3 Å². The lowest BCUT2D eigenvalue weighted by molar-refractivity contribution is 0.787. The average molecular weight is 237 g/mol. The van der Waals surface area contributed by atoms with Gasteiger partial charge in [-0.1, -0.05) is 17.7 Å². The molecule has 2 aromatic rings. The molecule has 0 unspecified atom stereocenters. The average Bonchev–Trinajstić information content (AvgIpc) is 2.26. The summed E-state index contributed by atoms with van der Waals surface area (Å²) in [5.41, 5.74) is -0.579. The van der Waals surface area contributed by atoms with Crippen LogP contribution in [0.15, 0.2) is 46.2 Å². The molecule has 0 N–H and O–H groups in total. The lowest BCUT2D eigenvalue weighted by atomic mass is 10.3. The predicted molar refractivity (Wildman–Crippen MR) is 62.3 cm³/mol.